The van der Waals surface area contributed by atoms with Gasteiger partial charge in [-0.2, -0.15) is 0 Å². The Morgan fingerprint density at radius 1 is 1.29 bits per heavy atom. The number of nitrogens with zero attached hydrogens (tertiary/aromatic N) is 3. The molecule has 0 atom stereocenters. The Labute approximate surface area is 103 Å². The molecule has 0 radical (unpaired) electrons. The molecule has 2 aromatic heterocycles. The van der Waals surface area contributed by atoms with Crippen LogP contribution in [-0.4, -0.2) is 27.9 Å². The maximum absolute atomic E-state index is 11.4. The fraction of sp³-hybridized carbons (Fsp3) is 0.0909. The first-order valence-corrected chi connectivity index (χ1v) is 5.25. The van der Waals surface area contributed by atoms with Crippen LogP contribution in [0.4, 0.5) is 0 Å². The fourth-order valence-corrected chi connectivity index (χ4v) is 1.49. The number of nitrogens with one attached hydrogen (secondary N) is 1. The van der Waals surface area contributed by atoms with Crippen LogP contribution in [-0.2, 0) is 0 Å². The lowest BCUT2D eigenvalue weighted by Crippen LogP contribution is -2.19. The number of rotatable bonds is 2. The van der Waals surface area contributed by atoms with Gasteiger partial charge in [0.05, 0.1) is 5.69 Å². The van der Waals surface area contributed by atoms with E-state index in [9.17, 15) is 4.79 Å². The first-order valence-electron chi connectivity index (χ1n) is 4.88. The zero-order valence-electron chi connectivity index (χ0n) is 9.01. The van der Waals surface area contributed by atoms with Gasteiger partial charge in [0.15, 0.2) is 0 Å². The molecule has 0 aromatic carbocycles. The number of carbonyl (C=O) groups is 1. The van der Waals surface area contributed by atoms with Crippen LogP contribution in [0, 0.1) is 0 Å². The smallest absolute Gasteiger partial charge is 0.269 e. The van der Waals surface area contributed by atoms with Gasteiger partial charge in [-0.05, 0) is 29.8 Å². The van der Waals surface area contributed by atoms with Gasteiger partial charge in [-0.1, -0.05) is 0 Å². The average molecular weight is 249 g/mol. The van der Waals surface area contributed by atoms with Crippen molar-refractivity contribution in [3.05, 3.63) is 41.6 Å². The van der Waals surface area contributed by atoms with E-state index in [1.807, 2.05) is 0 Å². The van der Waals surface area contributed by atoms with Gasteiger partial charge >= 0.3 is 0 Å². The minimum absolute atomic E-state index is 0.167. The lowest BCUT2D eigenvalue weighted by atomic mass is 10.1. The first kappa shape index (κ1) is 11.5. The molecule has 2 heterocycles. The van der Waals surface area contributed by atoms with Gasteiger partial charge < -0.3 is 5.32 Å². The number of pyridine rings is 1. The molecule has 0 unspecified atom stereocenters. The third-order valence-corrected chi connectivity index (χ3v) is 2.32. The predicted octanol–water partition coefficient (Wildman–Crippen LogP) is 1.55. The molecule has 17 heavy (non-hydrogen) atoms. The third kappa shape index (κ3) is 2.57. The zero-order valence-corrected chi connectivity index (χ0v) is 9.77. The van der Waals surface area contributed by atoms with Crippen LogP contribution < -0.4 is 5.32 Å². The molecule has 6 heteroatoms. The molecule has 0 saturated carbocycles. The second kappa shape index (κ2) is 4.88. The molecular weight excluding hydrogens is 240 g/mol. The SMILES string of the molecule is CNC(=O)c1cc(-c2ccnc(Cl)n2)ccn1. The van der Waals surface area contributed by atoms with Gasteiger partial charge in [0.2, 0.25) is 5.28 Å². The summed E-state index contributed by atoms with van der Waals surface area (Å²) in [7, 11) is 1.55. The number of aromatic nitrogens is 3. The number of hydrogen-bond donors (Lipinski definition) is 1. The van der Waals surface area contributed by atoms with E-state index < -0.39 is 0 Å². The van der Waals surface area contributed by atoms with Crippen molar-refractivity contribution in [1.82, 2.24) is 20.3 Å². The van der Waals surface area contributed by atoms with Crippen LogP contribution in [0.1, 0.15) is 10.5 Å². The summed E-state index contributed by atoms with van der Waals surface area (Å²) in [5, 5.41) is 2.68. The Morgan fingerprint density at radius 3 is 2.76 bits per heavy atom. The summed E-state index contributed by atoms with van der Waals surface area (Å²) in [5.74, 6) is -0.244. The highest BCUT2D eigenvalue weighted by Gasteiger charge is 2.07. The summed E-state index contributed by atoms with van der Waals surface area (Å²) in [6, 6.07) is 5.12. The maximum atomic E-state index is 11.4. The molecule has 5 nitrogen and oxygen atoms in total. The second-order valence-corrected chi connectivity index (χ2v) is 3.56. The topological polar surface area (TPSA) is 67.8 Å². The quantitative estimate of drug-likeness (QED) is 0.819. The molecule has 86 valence electrons. The Bertz CT molecular complexity index is 559. The molecule has 1 N–H and O–H groups in total. The predicted molar refractivity (Wildman–Crippen MR) is 63.7 cm³/mol. The van der Waals surface area contributed by atoms with Crippen molar-refractivity contribution >= 4 is 17.5 Å². The fourth-order valence-electron chi connectivity index (χ4n) is 1.34. The Kier molecular flexibility index (Phi) is 3.30. The highest BCUT2D eigenvalue weighted by molar-refractivity contribution is 6.28. The monoisotopic (exact) mass is 248 g/mol. The summed E-state index contributed by atoms with van der Waals surface area (Å²) < 4.78 is 0. The van der Waals surface area contributed by atoms with Crippen LogP contribution in [0.2, 0.25) is 5.28 Å². The summed E-state index contributed by atoms with van der Waals surface area (Å²) in [6.45, 7) is 0. The third-order valence-electron chi connectivity index (χ3n) is 2.14. The molecular formula is C11H9ClN4O. The molecule has 0 saturated heterocycles. The van der Waals surface area contributed by atoms with Gasteiger partial charge in [-0.25, -0.2) is 9.97 Å². The van der Waals surface area contributed by atoms with Crippen LogP contribution in [0.5, 0.6) is 0 Å². The lowest BCUT2D eigenvalue weighted by Gasteiger charge is -2.03. The van der Waals surface area contributed by atoms with E-state index in [0.717, 1.165) is 5.56 Å². The van der Waals surface area contributed by atoms with Crippen molar-refractivity contribution in [2.24, 2.45) is 0 Å². The molecule has 0 aliphatic heterocycles. The number of amides is 1. The maximum Gasteiger partial charge on any atom is 0.269 e. The Morgan fingerprint density at radius 2 is 2.06 bits per heavy atom. The van der Waals surface area contributed by atoms with Gasteiger partial charge in [-0.15, -0.1) is 0 Å². The molecule has 0 spiro atoms. The van der Waals surface area contributed by atoms with Crippen molar-refractivity contribution in [3.63, 3.8) is 0 Å². The Balaban J connectivity index is 2.43. The van der Waals surface area contributed by atoms with Crippen molar-refractivity contribution < 1.29 is 4.79 Å². The largest absolute Gasteiger partial charge is 0.354 e. The minimum atomic E-state index is -0.244. The van der Waals surface area contributed by atoms with Gasteiger partial charge in [-0.3, -0.25) is 9.78 Å². The summed E-state index contributed by atoms with van der Waals surface area (Å²) in [6.07, 6.45) is 3.11. The Hall–Kier alpha value is -2.01. The van der Waals surface area contributed by atoms with E-state index >= 15 is 0 Å². The van der Waals surface area contributed by atoms with Crippen molar-refractivity contribution in [2.75, 3.05) is 7.05 Å². The van der Waals surface area contributed by atoms with E-state index in [4.69, 9.17) is 11.6 Å². The van der Waals surface area contributed by atoms with E-state index in [1.54, 1.807) is 37.6 Å². The summed E-state index contributed by atoms with van der Waals surface area (Å²) in [4.78, 5) is 23.3. The zero-order chi connectivity index (χ0) is 12.3. The van der Waals surface area contributed by atoms with Gasteiger partial charge in [0, 0.05) is 25.0 Å². The van der Waals surface area contributed by atoms with Crippen LogP contribution >= 0.6 is 11.6 Å². The molecule has 1 amide bonds. The van der Waals surface area contributed by atoms with E-state index in [1.165, 1.54) is 0 Å². The van der Waals surface area contributed by atoms with Crippen LogP contribution in [0.15, 0.2) is 30.6 Å². The van der Waals surface area contributed by atoms with Crippen molar-refractivity contribution in [1.29, 1.82) is 0 Å². The van der Waals surface area contributed by atoms with E-state index in [0.29, 0.717) is 11.4 Å². The number of halogens is 1. The summed E-state index contributed by atoms with van der Waals surface area (Å²) >= 11 is 5.71. The molecule has 0 aliphatic carbocycles. The van der Waals surface area contributed by atoms with Crippen LogP contribution in [0.25, 0.3) is 11.3 Å². The average Bonchev–Trinajstić information content (AvgIpc) is 2.38. The normalized spacial score (nSPS) is 10.0. The van der Waals surface area contributed by atoms with Crippen molar-refractivity contribution in [3.8, 4) is 11.3 Å². The first-order chi connectivity index (χ1) is 8.20. The minimum Gasteiger partial charge on any atom is -0.354 e. The second-order valence-electron chi connectivity index (χ2n) is 3.22. The molecule has 2 rings (SSSR count). The van der Waals surface area contributed by atoms with Crippen molar-refractivity contribution in [2.45, 2.75) is 0 Å². The molecule has 0 fully saturated rings. The highest BCUT2D eigenvalue weighted by atomic mass is 35.5. The highest BCUT2D eigenvalue weighted by Crippen LogP contribution is 2.17. The number of carbonyl (C=O) groups excluding carboxylic acids is 1. The molecule has 0 aliphatic rings. The number of hydrogen-bond acceptors (Lipinski definition) is 4. The van der Waals surface area contributed by atoms with E-state index in [2.05, 4.69) is 20.3 Å². The summed E-state index contributed by atoms with van der Waals surface area (Å²) in [5.41, 5.74) is 1.75. The van der Waals surface area contributed by atoms with Crippen LogP contribution in [0.3, 0.4) is 0 Å². The standard InChI is InChI=1S/C11H9ClN4O/c1-13-10(17)9-6-7(2-4-14-9)8-3-5-15-11(12)16-8/h2-6H,1H3,(H,13,17). The molecule has 2 aromatic rings. The van der Waals surface area contributed by atoms with Gasteiger partial charge in [0.25, 0.3) is 5.91 Å². The van der Waals surface area contributed by atoms with Gasteiger partial charge in [0.1, 0.15) is 5.69 Å². The van der Waals surface area contributed by atoms with E-state index in [-0.39, 0.29) is 11.2 Å². The molecule has 0 bridgehead atoms. The lowest BCUT2D eigenvalue weighted by molar-refractivity contribution is 0.0958.